The van der Waals surface area contributed by atoms with Crippen LogP contribution < -0.4 is 4.74 Å². The molecule has 1 atom stereocenters. The van der Waals surface area contributed by atoms with E-state index in [2.05, 4.69) is 43.8 Å². The van der Waals surface area contributed by atoms with E-state index in [9.17, 15) is 0 Å². The van der Waals surface area contributed by atoms with Gasteiger partial charge in [0.25, 0.3) is 0 Å². The van der Waals surface area contributed by atoms with Gasteiger partial charge in [-0.1, -0.05) is 53.5 Å². The zero-order valence-electron chi connectivity index (χ0n) is 18.3. The van der Waals surface area contributed by atoms with Crippen molar-refractivity contribution in [3.63, 3.8) is 0 Å². The van der Waals surface area contributed by atoms with E-state index in [4.69, 9.17) is 27.9 Å². The van der Waals surface area contributed by atoms with Gasteiger partial charge in [0, 0.05) is 38.8 Å². The number of hydrogen-bond donors (Lipinski definition) is 1. The smallest absolute Gasteiger partial charge is 0.214 e. The van der Waals surface area contributed by atoms with Gasteiger partial charge >= 0.3 is 0 Å². The van der Waals surface area contributed by atoms with Crippen molar-refractivity contribution in [3.05, 3.63) is 100 Å². The highest BCUT2D eigenvalue weighted by molar-refractivity contribution is 6.35. The molecule has 5 nitrogen and oxygen atoms in total. The molecule has 1 N–H and O–H groups in total. The summed E-state index contributed by atoms with van der Waals surface area (Å²) in [6.45, 7) is 0.311. The third-order valence-electron chi connectivity index (χ3n) is 6.55. The van der Waals surface area contributed by atoms with Gasteiger partial charge in [-0.3, -0.25) is 0 Å². The summed E-state index contributed by atoms with van der Waals surface area (Å²) in [5.74, 6) is 0.536. The normalized spacial score (nSPS) is 15.4. The van der Waals surface area contributed by atoms with Crippen molar-refractivity contribution < 1.29 is 4.74 Å². The van der Waals surface area contributed by atoms with E-state index in [1.807, 2.05) is 30.9 Å². The summed E-state index contributed by atoms with van der Waals surface area (Å²) in [5.41, 5.74) is 6.77. The lowest BCUT2D eigenvalue weighted by atomic mass is 9.87. The molecule has 2 aromatic carbocycles. The van der Waals surface area contributed by atoms with E-state index >= 15 is 0 Å². The molecule has 5 aromatic rings. The lowest BCUT2D eigenvalue weighted by molar-refractivity contribution is 0.294. The van der Waals surface area contributed by atoms with Crippen LogP contribution in [0.25, 0.3) is 22.2 Å². The Morgan fingerprint density at radius 2 is 2.00 bits per heavy atom. The van der Waals surface area contributed by atoms with Crippen LogP contribution in [-0.4, -0.2) is 19.5 Å². The van der Waals surface area contributed by atoms with Crippen LogP contribution in [0.4, 0.5) is 0 Å². The molecule has 0 saturated heterocycles. The zero-order valence-corrected chi connectivity index (χ0v) is 19.9. The molecular weight excluding hydrogens is 467 g/mol. The number of nitrogens with zero attached hydrogens (tertiary/aromatic N) is 3. The highest BCUT2D eigenvalue weighted by atomic mass is 35.5. The number of nitrogens with one attached hydrogen (secondary N) is 1. The van der Waals surface area contributed by atoms with Gasteiger partial charge < -0.3 is 14.3 Å². The number of aromatic nitrogens is 4. The van der Waals surface area contributed by atoms with Gasteiger partial charge in [0.1, 0.15) is 6.61 Å². The van der Waals surface area contributed by atoms with E-state index in [1.54, 1.807) is 18.3 Å². The van der Waals surface area contributed by atoms with Crippen LogP contribution in [0.1, 0.15) is 35.6 Å². The van der Waals surface area contributed by atoms with Crippen molar-refractivity contribution >= 4 is 34.1 Å². The molecule has 170 valence electrons. The van der Waals surface area contributed by atoms with Gasteiger partial charge in [0.2, 0.25) is 5.88 Å². The Balaban J connectivity index is 1.34. The minimum atomic E-state index is 0.275. The molecule has 3 aromatic heterocycles. The number of halogens is 2. The summed E-state index contributed by atoms with van der Waals surface area (Å²) < 4.78 is 8.28. The monoisotopic (exact) mass is 488 g/mol. The maximum atomic E-state index is 6.29. The van der Waals surface area contributed by atoms with Gasteiger partial charge in [0.15, 0.2) is 0 Å². The predicted octanol–water partition coefficient (Wildman–Crippen LogP) is 7.24. The van der Waals surface area contributed by atoms with Crippen LogP contribution in [0, 0.1) is 0 Å². The van der Waals surface area contributed by atoms with E-state index in [0.717, 1.165) is 40.6 Å². The average molecular weight is 489 g/mol. The van der Waals surface area contributed by atoms with Gasteiger partial charge in [-0.15, -0.1) is 0 Å². The van der Waals surface area contributed by atoms with E-state index in [-0.39, 0.29) is 6.04 Å². The molecule has 1 aliphatic rings. The van der Waals surface area contributed by atoms with E-state index in [0.29, 0.717) is 22.5 Å². The molecular formula is C27H22Cl2N4O. The number of hydrogen-bond acceptors (Lipinski definition) is 3. The molecule has 0 bridgehead atoms. The molecule has 0 fully saturated rings. The van der Waals surface area contributed by atoms with Crippen molar-refractivity contribution in [1.82, 2.24) is 19.5 Å². The average Bonchev–Trinajstić information content (AvgIpc) is 3.49. The highest BCUT2D eigenvalue weighted by Crippen LogP contribution is 2.38. The molecule has 0 aliphatic heterocycles. The number of aryl methyl sites for hydroxylation is 1. The molecule has 1 aliphatic carbocycles. The second kappa shape index (κ2) is 8.82. The van der Waals surface area contributed by atoms with Crippen LogP contribution >= 0.6 is 23.2 Å². The van der Waals surface area contributed by atoms with Gasteiger partial charge in [0.05, 0.1) is 36.0 Å². The Morgan fingerprint density at radius 3 is 2.91 bits per heavy atom. The molecule has 34 heavy (non-hydrogen) atoms. The van der Waals surface area contributed by atoms with Crippen LogP contribution in [0.15, 0.2) is 73.4 Å². The summed E-state index contributed by atoms with van der Waals surface area (Å²) in [4.78, 5) is 12.3. The van der Waals surface area contributed by atoms with Crippen molar-refractivity contribution in [1.29, 1.82) is 0 Å². The molecule has 0 amide bonds. The largest absolute Gasteiger partial charge is 0.473 e. The fourth-order valence-corrected chi connectivity index (χ4v) is 5.32. The summed E-state index contributed by atoms with van der Waals surface area (Å²) >= 11 is 12.3. The minimum absolute atomic E-state index is 0.275. The van der Waals surface area contributed by atoms with E-state index < -0.39 is 0 Å². The third-order valence-corrected chi connectivity index (χ3v) is 7.13. The number of benzene rings is 2. The first-order valence-electron chi connectivity index (χ1n) is 11.3. The highest BCUT2D eigenvalue weighted by Gasteiger charge is 2.24. The second-order valence-electron chi connectivity index (χ2n) is 8.59. The number of fused-ring (bicyclic) bond motifs is 2. The minimum Gasteiger partial charge on any atom is -0.473 e. The number of aromatic amines is 1. The standard InChI is InChI=1S/C27H22Cl2N4O/c28-19-9-8-18(23(29)10-19)15-34-27-11-21-22(12-31-24(21)13-32-27)26-14-30-16-33(26)25-7-3-5-17-4-1-2-6-20(17)25/h1-2,4,6,8-14,16,25,31H,3,5,7,15H2. The lowest BCUT2D eigenvalue weighted by Gasteiger charge is -2.28. The van der Waals surface area contributed by atoms with Crippen LogP contribution in [-0.2, 0) is 13.0 Å². The van der Waals surface area contributed by atoms with Crippen molar-refractivity contribution in [2.24, 2.45) is 0 Å². The molecule has 1 unspecified atom stereocenters. The predicted molar refractivity (Wildman–Crippen MR) is 136 cm³/mol. The first-order chi connectivity index (χ1) is 16.7. The summed E-state index contributed by atoms with van der Waals surface area (Å²) in [7, 11) is 0. The van der Waals surface area contributed by atoms with Gasteiger partial charge in [-0.25, -0.2) is 9.97 Å². The summed E-state index contributed by atoms with van der Waals surface area (Å²) in [5, 5.41) is 2.22. The summed E-state index contributed by atoms with van der Waals surface area (Å²) in [6, 6.07) is 16.4. The van der Waals surface area contributed by atoms with Crippen LogP contribution in [0.5, 0.6) is 5.88 Å². The topological polar surface area (TPSA) is 55.7 Å². The van der Waals surface area contributed by atoms with Crippen molar-refractivity contribution in [2.45, 2.75) is 31.9 Å². The van der Waals surface area contributed by atoms with Gasteiger partial charge in [-0.2, -0.15) is 0 Å². The van der Waals surface area contributed by atoms with E-state index in [1.165, 1.54) is 17.5 Å². The third kappa shape index (κ3) is 3.85. The Hall–Kier alpha value is -3.28. The van der Waals surface area contributed by atoms with Crippen LogP contribution in [0.2, 0.25) is 10.0 Å². The fraction of sp³-hybridized carbons (Fsp3) is 0.185. The molecule has 3 heterocycles. The molecule has 7 heteroatoms. The number of H-pyrrole nitrogens is 1. The number of ether oxygens (including phenoxy) is 1. The number of pyridine rings is 1. The molecule has 0 saturated carbocycles. The Kier molecular flexibility index (Phi) is 5.52. The first-order valence-corrected chi connectivity index (χ1v) is 12.1. The maximum Gasteiger partial charge on any atom is 0.214 e. The Bertz CT molecular complexity index is 1490. The Labute approximate surface area is 207 Å². The zero-order chi connectivity index (χ0) is 23.1. The number of rotatable bonds is 5. The lowest BCUT2D eigenvalue weighted by Crippen LogP contribution is -2.17. The van der Waals surface area contributed by atoms with Gasteiger partial charge in [-0.05, 0) is 42.5 Å². The molecule has 0 radical (unpaired) electrons. The second-order valence-corrected chi connectivity index (χ2v) is 9.43. The maximum absolute atomic E-state index is 6.29. The summed E-state index contributed by atoms with van der Waals surface area (Å²) in [6.07, 6.45) is 11.1. The fourth-order valence-electron chi connectivity index (χ4n) is 4.86. The van der Waals surface area contributed by atoms with Crippen molar-refractivity contribution in [3.8, 4) is 17.1 Å². The van der Waals surface area contributed by atoms with Crippen molar-refractivity contribution in [2.75, 3.05) is 0 Å². The quantitative estimate of drug-likeness (QED) is 0.283. The first kappa shape index (κ1) is 21.3. The Morgan fingerprint density at radius 1 is 1.09 bits per heavy atom. The molecule has 6 rings (SSSR count). The SMILES string of the molecule is Clc1ccc(COc2cc3c(-c4cncn4C4CCCc5ccccc54)c[nH]c3cn2)c(Cl)c1. The number of imidazole rings is 1. The van der Waals surface area contributed by atoms with Crippen LogP contribution in [0.3, 0.4) is 0 Å². The molecule has 0 spiro atoms.